The highest BCUT2D eigenvalue weighted by Gasteiger charge is 2.36. The molecule has 0 unspecified atom stereocenters. The normalized spacial score (nSPS) is 18.7. The average molecular weight is 391 g/mol. The van der Waals surface area contributed by atoms with Crippen molar-refractivity contribution in [1.82, 2.24) is 5.32 Å². The lowest BCUT2D eigenvalue weighted by Crippen LogP contribution is -2.39. The summed E-state index contributed by atoms with van der Waals surface area (Å²) in [4.78, 5) is 13.5. The van der Waals surface area contributed by atoms with E-state index in [0.29, 0.717) is 23.0 Å². The number of carbonyl (C=O) groups is 1. The van der Waals surface area contributed by atoms with Crippen molar-refractivity contribution in [3.8, 4) is 0 Å². The van der Waals surface area contributed by atoms with Crippen molar-refractivity contribution in [2.24, 2.45) is 5.41 Å². The van der Waals surface area contributed by atoms with E-state index in [9.17, 15) is 4.79 Å². The van der Waals surface area contributed by atoms with Crippen LogP contribution in [-0.2, 0) is 17.6 Å². The van der Waals surface area contributed by atoms with E-state index in [1.807, 2.05) is 30.3 Å². The summed E-state index contributed by atoms with van der Waals surface area (Å²) in [6.07, 6.45) is 3.33. The van der Waals surface area contributed by atoms with Crippen LogP contribution in [0, 0.1) is 5.41 Å². The van der Waals surface area contributed by atoms with Gasteiger partial charge in [0.15, 0.2) is 5.78 Å². The second-order valence-electron chi connectivity index (χ2n) is 8.63. The highest BCUT2D eigenvalue weighted by Crippen LogP contribution is 2.37. The highest BCUT2D eigenvalue weighted by molar-refractivity contribution is 7.81. The van der Waals surface area contributed by atoms with Crippen molar-refractivity contribution in [1.29, 1.82) is 0 Å². The molecule has 2 aliphatic rings. The van der Waals surface area contributed by atoms with E-state index in [2.05, 4.69) is 48.7 Å². The Morgan fingerprint density at radius 1 is 0.964 bits per heavy atom. The second-order valence-corrected chi connectivity index (χ2v) is 9.04. The maximum Gasteiger partial charge on any atom is 0.168 e. The van der Waals surface area contributed by atoms with E-state index in [1.54, 1.807) is 0 Å². The molecule has 0 saturated heterocycles. The molecule has 0 fully saturated rings. The van der Waals surface area contributed by atoms with Crippen LogP contribution in [0.5, 0.6) is 0 Å². The van der Waals surface area contributed by atoms with E-state index >= 15 is 0 Å². The molecule has 3 nitrogen and oxygen atoms in total. The first-order valence-electron chi connectivity index (χ1n) is 9.87. The first-order chi connectivity index (χ1) is 13.4. The van der Waals surface area contributed by atoms with Crippen LogP contribution in [0.3, 0.4) is 0 Å². The SMILES string of the molecule is CC1(C)CC(=O)C(C(=S)Nc2ccccc2)=C(NC2Cc3ccccc3C2)C1. The molecule has 144 valence electrons. The van der Waals surface area contributed by atoms with E-state index in [1.165, 1.54) is 11.1 Å². The minimum Gasteiger partial charge on any atom is -0.384 e. The predicted octanol–water partition coefficient (Wildman–Crippen LogP) is 4.83. The lowest BCUT2D eigenvalue weighted by atomic mass is 9.75. The maximum absolute atomic E-state index is 13.0. The predicted molar refractivity (Wildman–Crippen MR) is 118 cm³/mol. The molecule has 0 aliphatic heterocycles. The number of carbonyl (C=O) groups excluding carboxylic acids is 1. The summed E-state index contributed by atoms with van der Waals surface area (Å²) in [7, 11) is 0. The molecule has 2 N–H and O–H groups in total. The fraction of sp³-hybridized carbons (Fsp3) is 0.333. The van der Waals surface area contributed by atoms with Crippen molar-refractivity contribution in [3.63, 3.8) is 0 Å². The summed E-state index contributed by atoms with van der Waals surface area (Å²) in [5.41, 5.74) is 5.30. The summed E-state index contributed by atoms with van der Waals surface area (Å²) in [5, 5.41) is 6.95. The standard InChI is InChI=1S/C24H26N2OS/c1-24(2)14-20(25-19-12-16-8-6-7-9-17(16)13-19)22(21(27)15-24)23(28)26-18-10-4-3-5-11-18/h3-11,19,25H,12-15H2,1-2H3,(H,26,28). The lowest BCUT2D eigenvalue weighted by molar-refractivity contribution is -0.117. The molecule has 2 aromatic rings. The van der Waals surface area contributed by atoms with Crippen LogP contribution >= 0.6 is 12.2 Å². The molecule has 4 rings (SSSR count). The van der Waals surface area contributed by atoms with Gasteiger partial charge in [0.25, 0.3) is 0 Å². The Bertz CT molecular complexity index is 921. The number of allylic oxidation sites excluding steroid dienone is 1. The lowest BCUT2D eigenvalue weighted by Gasteiger charge is -2.34. The van der Waals surface area contributed by atoms with Gasteiger partial charge in [0, 0.05) is 23.8 Å². The largest absolute Gasteiger partial charge is 0.384 e. The quantitative estimate of drug-likeness (QED) is 0.734. The van der Waals surface area contributed by atoms with Gasteiger partial charge < -0.3 is 10.6 Å². The number of benzene rings is 2. The second kappa shape index (κ2) is 7.51. The van der Waals surface area contributed by atoms with Gasteiger partial charge in [0.2, 0.25) is 0 Å². The Balaban J connectivity index is 1.60. The van der Waals surface area contributed by atoms with Crippen LogP contribution in [0.2, 0.25) is 0 Å². The van der Waals surface area contributed by atoms with Gasteiger partial charge in [-0.15, -0.1) is 0 Å². The van der Waals surface area contributed by atoms with Gasteiger partial charge in [-0.2, -0.15) is 0 Å². The van der Waals surface area contributed by atoms with E-state index in [4.69, 9.17) is 12.2 Å². The average Bonchev–Trinajstić information content (AvgIpc) is 3.03. The molecular weight excluding hydrogens is 364 g/mol. The summed E-state index contributed by atoms with van der Waals surface area (Å²) in [5.74, 6) is 0.127. The highest BCUT2D eigenvalue weighted by atomic mass is 32.1. The third-order valence-corrected chi connectivity index (χ3v) is 5.87. The molecule has 0 atom stereocenters. The van der Waals surface area contributed by atoms with E-state index in [0.717, 1.165) is 30.6 Å². The maximum atomic E-state index is 13.0. The molecule has 0 heterocycles. The summed E-state index contributed by atoms with van der Waals surface area (Å²) in [6, 6.07) is 18.7. The third-order valence-electron chi connectivity index (χ3n) is 5.56. The Morgan fingerprint density at radius 2 is 1.57 bits per heavy atom. The van der Waals surface area contributed by atoms with Gasteiger partial charge in [0.05, 0.1) is 5.57 Å². The third kappa shape index (κ3) is 4.02. The molecule has 0 amide bonds. The van der Waals surface area contributed by atoms with Crippen molar-refractivity contribution < 1.29 is 4.79 Å². The number of hydrogen-bond acceptors (Lipinski definition) is 3. The molecule has 4 heteroatoms. The number of rotatable bonds is 4. The topological polar surface area (TPSA) is 41.1 Å². The molecule has 0 radical (unpaired) electrons. The zero-order valence-corrected chi connectivity index (χ0v) is 17.2. The first-order valence-corrected chi connectivity index (χ1v) is 10.3. The number of thiocarbonyl (C=S) groups is 1. The van der Waals surface area contributed by atoms with Crippen molar-refractivity contribution >= 4 is 28.7 Å². The van der Waals surface area contributed by atoms with Crippen LogP contribution in [0.25, 0.3) is 0 Å². The zero-order chi connectivity index (χ0) is 19.7. The summed E-state index contributed by atoms with van der Waals surface area (Å²) in [6.45, 7) is 4.31. The van der Waals surface area contributed by atoms with Crippen LogP contribution in [0.15, 0.2) is 65.9 Å². The van der Waals surface area contributed by atoms with Crippen LogP contribution < -0.4 is 10.6 Å². The number of nitrogens with one attached hydrogen (secondary N) is 2. The van der Waals surface area contributed by atoms with Gasteiger partial charge in [-0.1, -0.05) is 68.5 Å². The number of Topliss-reactive ketones (excluding diaryl/α,β-unsaturated/α-hetero) is 1. The molecule has 2 aromatic carbocycles. The van der Waals surface area contributed by atoms with E-state index in [-0.39, 0.29) is 11.2 Å². The fourth-order valence-electron chi connectivity index (χ4n) is 4.33. The molecule has 2 aliphatic carbocycles. The molecule has 28 heavy (non-hydrogen) atoms. The number of hydrogen-bond donors (Lipinski definition) is 2. The minimum absolute atomic E-state index is 0.0588. The van der Waals surface area contributed by atoms with Crippen LogP contribution in [-0.4, -0.2) is 16.8 Å². The summed E-state index contributed by atoms with van der Waals surface area (Å²) < 4.78 is 0. The van der Waals surface area contributed by atoms with Gasteiger partial charge >= 0.3 is 0 Å². The van der Waals surface area contributed by atoms with Gasteiger partial charge in [0.1, 0.15) is 4.99 Å². The molecule has 0 bridgehead atoms. The number of anilines is 1. The van der Waals surface area contributed by atoms with Gasteiger partial charge in [-0.25, -0.2) is 0 Å². The monoisotopic (exact) mass is 390 g/mol. The van der Waals surface area contributed by atoms with Gasteiger partial charge in [-0.05, 0) is 47.9 Å². The van der Waals surface area contributed by atoms with Gasteiger partial charge in [-0.3, -0.25) is 4.79 Å². The van der Waals surface area contributed by atoms with E-state index < -0.39 is 0 Å². The Labute approximate surface area is 172 Å². The van der Waals surface area contributed by atoms with Crippen molar-refractivity contribution in [3.05, 3.63) is 77.0 Å². The Morgan fingerprint density at radius 3 is 2.21 bits per heavy atom. The number of para-hydroxylation sites is 1. The zero-order valence-electron chi connectivity index (χ0n) is 16.4. The Hall–Kier alpha value is -2.46. The number of ketones is 1. The molecule has 0 spiro atoms. The smallest absolute Gasteiger partial charge is 0.168 e. The first kappa shape index (κ1) is 18.9. The number of fused-ring (bicyclic) bond motifs is 1. The molecule has 0 saturated carbocycles. The molecule has 0 aromatic heterocycles. The van der Waals surface area contributed by atoms with Crippen molar-refractivity contribution in [2.45, 2.75) is 45.6 Å². The fourth-order valence-corrected chi connectivity index (χ4v) is 4.68. The molecular formula is C24H26N2OS. The Kier molecular flexibility index (Phi) is 5.07. The summed E-state index contributed by atoms with van der Waals surface area (Å²) >= 11 is 5.67. The van der Waals surface area contributed by atoms with Crippen LogP contribution in [0.1, 0.15) is 37.8 Å². The van der Waals surface area contributed by atoms with Crippen molar-refractivity contribution in [2.75, 3.05) is 5.32 Å². The van der Waals surface area contributed by atoms with Crippen LogP contribution in [0.4, 0.5) is 5.69 Å². The minimum atomic E-state index is -0.0588.